The SMILES string of the molecule is CC(=O)O[C@H]1CC(=O)OC(C)(C)[C@@H]2CC[C@]3(C)[C@H](CC[C@@H]4[C@@H]([C@]5(C)CCC(=O)O5)CC[C@]43C)[C@@]12C. The highest BCUT2D eigenvalue weighted by Gasteiger charge is 2.71. The number of carbonyl (C=O) groups excluding carboxylic acids is 3. The van der Waals surface area contributed by atoms with E-state index >= 15 is 0 Å². The van der Waals surface area contributed by atoms with Gasteiger partial charge < -0.3 is 14.2 Å². The minimum Gasteiger partial charge on any atom is -0.461 e. The molecule has 0 aromatic rings. The van der Waals surface area contributed by atoms with Gasteiger partial charge in [0.05, 0.1) is 6.42 Å². The maximum atomic E-state index is 12.9. The molecule has 0 aromatic heterocycles. The zero-order chi connectivity index (χ0) is 25.6. The molecule has 0 N–H and O–H groups in total. The molecule has 5 fully saturated rings. The molecule has 196 valence electrons. The van der Waals surface area contributed by atoms with Crippen molar-refractivity contribution in [1.29, 1.82) is 0 Å². The van der Waals surface area contributed by atoms with Crippen molar-refractivity contribution in [3.63, 3.8) is 0 Å². The summed E-state index contributed by atoms with van der Waals surface area (Å²) in [4.78, 5) is 37.2. The van der Waals surface area contributed by atoms with E-state index in [1.54, 1.807) is 0 Å². The summed E-state index contributed by atoms with van der Waals surface area (Å²) in [6.07, 6.45) is 7.35. The van der Waals surface area contributed by atoms with E-state index in [9.17, 15) is 14.4 Å². The van der Waals surface area contributed by atoms with Crippen LogP contribution in [-0.2, 0) is 28.6 Å². The van der Waals surface area contributed by atoms with E-state index < -0.39 is 11.7 Å². The van der Waals surface area contributed by atoms with Crippen LogP contribution in [0.3, 0.4) is 0 Å². The average Bonchev–Trinajstić information content (AvgIpc) is 3.25. The van der Waals surface area contributed by atoms with Gasteiger partial charge in [-0.05, 0) is 88.4 Å². The Bertz CT molecular complexity index is 941. The molecule has 9 atom stereocenters. The average molecular weight is 489 g/mol. The zero-order valence-corrected chi connectivity index (χ0v) is 22.7. The van der Waals surface area contributed by atoms with Gasteiger partial charge in [-0.25, -0.2) is 0 Å². The number of ether oxygens (including phenoxy) is 3. The summed E-state index contributed by atoms with van der Waals surface area (Å²) in [5, 5.41) is 0. The second-order valence-electron chi connectivity index (χ2n) is 13.8. The molecular formula is C29H44O6. The third-order valence-electron chi connectivity index (χ3n) is 12.1. The van der Waals surface area contributed by atoms with Crippen LogP contribution in [0.1, 0.15) is 106 Å². The van der Waals surface area contributed by atoms with Gasteiger partial charge in [-0.2, -0.15) is 0 Å². The number of carbonyl (C=O) groups is 3. The van der Waals surface area contributed by atoms with E-state index in [1.165, 1.54) is 6.92 Å². The van der Waals surface area contributed by atoms with Crippen molar-refractivity contribution in [2.24, 2.45) is 39.9 Å². The quantitative estimate of drug-likeness (QED) is 0.372. The summed E-state index contributed by atoms with van der Waals surface area (Å²) < 4.78 is 17.9. The van der Waals surface area contributed by atoms with Crippen molar-refractivity contribution in [2.75, 3.05) is 0 Å². The Hall–Kier alpha value is -1.59. The molecule has 0 spiro atoms. The van der Waals surface area contributed by atoms with E-state index in [-0.39, 0.29) is 52.1 Å². The Balaban J connectivity index is 1.56. The first-order valence-electron chi connectivity index (χ1n) is 13.8. The fourth-order valence-corrected chi connectivity index (χ4v) is 10.4. The predicted octanol–water partition coefficient (Wildman–Crippen LogP) is 5.60. The van der Waals surface area contributed by atoms with Gasteiger partial charge in [-0.3, -0.25) is 14.4 Å². The molecule has 3 saturated carbocycles. The highest BCUT2D eigenvalue weighted by molar-refractivity contribution is 5.73. The Morgan fingerprint density at radius 1 is 0.800 bits per heavy atom. The first kappa shape index (κ1) is 25.1. The number of hydrogen-bond donors (Lipinski definition) is 0. The topological polar surface area (TPSA) is 78.9 Å². The van der Waals surface area contributed by atoms with Crippen molar-refractivity contribution in [3.05, 3.63) is 0 Å². The van der Waals surface area contributed by atoms with Crippen molar-refractivity contribution in [3.8, 4) is 0 Å². The maximum Gasteiger partial charge on any atom is 0.310 e. The van der Waals surface area contributed by atoms with E-state index in [4.69, 9.17) is 14.2 Å². The molecular weight excluding hydrogens is 444 g/mol. The van der Waals surface area contributed by atoms with Gasteiger partial charge in [0.2, 0.25) is 0 Å². The van der Waals surface area contributed by atoms with Crippen LogP contribution in [-0.4, -0.2) is 35.2 Å². The second-order valence-corrected chi connectivity index (χ2v) is 13.8. The normalized spacial score (nSPS) is 50.8. The summed E-state index contributed by atoms with van der Waals surface area (Å²) in [6.45, 7) is 14.9. The number of esters is 3. The molecule has 2 saturated heterocycles. The third kappa shape index (κ3) is 3.36. The molecule has 35 heavy (non-hydrogen) atoms. The fraction of sp³-hybridized carbons (Fsp3) is 0.897. The standard InChI is InChI=1S/C29H44O6/c1-17(30)33-22-16-24(32)34-25(2,3)20-11-14-27(5)21(29(20,22)7)9-8-18-19(10-13-26(18,27)4)28(6)15-12-23(31)35-28/h18-22H,8-16H2,1-7H3/t18-,19+,20+,21+,22+,26-,27-,28+,29+/m1/s1. The molecule has 6 heteroatoms. The lowest BCUT2D eigenvalue weighted by Crippen LogP contribution is -2.65. The first-order valence-corrected chi connectivity index (χ1v) is 13.8. The first-order chi connectivity index (χ1) is 16.2. The molecule has 3 aliphatic carbocycles. The zero-order valence-electron chi connectivity index (χ0n) is 22.7. The monoisotopic (exact) mass is 488 g/mol. The summed E-state index contributed by atoms with van der Waals surface area (Å²) in [7, 11) is 0. The van der Waals surface area contributed by atoms with Crippen molar-refractivity contribution < 1.29 is 28.6 Å². The molecule has 2 aliphatic heterocycles. The predicted molar refractivity (Wildman–Crippen MR) is 130 cm³/mol. The summed E-state index contributed by atoms with van der Waals surface area (Å²) >= 11 is 0. The molecule has 0 bridgehead atoms. The lowest BCUT2D eigenvalue weighted by molar-refractivity contribution is -0.231. The Morgan fingerprint density at radius 3 is 2.11 bits per heavy atom. The van der Waals surface area contributed by atoms with Crippen LogP contribution >= 0.6 is 0 Å². The van der Waals surface area contributed by atoms with Gasteiger partial charge in [0.1, 0.15) is 17.3 Å². The van der Waals surface area contributed by atoms with Crippen LogP contribution in [0.2, 0.25) is 0 Å². The van der Waals surface area contributed by atoms with Crippen molar-refractivity contribution in [1.82, 2.24) is 0 Å². The minimum atomic E-state index is -0.608. The highest BCUT2D eigenvalue weighted by atomic mass is 16.6. The number of rotatable bonds is 2. The Kier molecular flexibility index (Phi) is 5.52. The van der Waals surface area contributed by atoms with Crippen LogP contribution in [0.25, 0.3) is 0 Å². The number of cyclic esters (lactones) is 2. The number of fused-ring (bicyclic) bond motifs is 5. The molecule has 5 aliphatic rings. The summed E-state index contributed by atoms with van der Waals surface area (Å²) in [6, 6.07) is 0. The van der Waals surface area contributed by atoms with Crippen LogP contribution in [0.5, 0.6) is 0 Å². The van der Waals surface area contributed by atoms with Crippen LogP contribution in [0.15, 0.2) is 0 Å². The molecule has 0 radical (unpaired) electrons. The van der Waals surface area contributed by atoms with Crippen LogP contribution < -0.4 is 0 Å². The van der Waals surface area contributed by atoms with Crippen LogP contribution in [0.4, 0.5) is 0 Å². The van der Waals surface area contributed by atoms with Crippen LogP contribution in [0, 0.1) is 39.9 Å². The summed E-state index contributed by atoms with van der Waals surface area (Å²) in [5.41, 5.74) is -1.17. The second kappa shape index (κ2) is 7.71. The van der Waals surface area contributed by atoms with Gasteiger partial charge >= 0.3 is 17.9 Å². The van der Waals surface area contributed by atoms with E-state index in [2.05, 4.69) is 27.7 Å². The molecule has 0 unspecified atom stereocenters. The van der Waals surface area contributed by atoms with Gasteiger partial charge in [0.25, 0.3) is 0 Å². The van der Waals surface area contributed by atoms with Crippen molar-refractivity contribution >= 4 is 17.9 Å². The largest absolute Gasteiger partial charge is 0.461 e. The Labute approximate surface area is 210 Å². The van der Waals surface area contributed by atoms with Gasteiger partial charge in [0, 0.05) is 30.6 Å². The smallest absolute Gasteiger partial charge is 0.310 e. The molecule has 0 amide bonds. The Morgan fingerprint density at radius 2 is 1.49 bits per heavy atom. The number of hydrogen-bond acceptors (Lipinski definition) is 6. The van der Waals surface area contributed by atoms with Gasteiger partial charge in [-0.15, -0.1) is 0 Å². The van der Waals surface area contributed by atoms with E-state index in [1.807, 2.05) is 13.8 Å². The molecule has 5 rings (SSSR count). The third-order valence-corrected chi connectivity index (χ3v) is 12.1. The molecule has 0 aromatic carbocycles. The molecule has 2 heterocycles. The van der Waals surface area contributed by atoms with E-state index in [0.717, 1.165) is 44.9 Å². The lowest BCUT2D eigenvalue weighted by atomic mass is 9.37. The highest BCUT2D eigenvalue weighted by Crippen LogP contribution is 2.75. The summed E-state index contributed by atoms with van der Waals surface area (Å²) in [5.74, 6) is 0.677. The maximum absolute atomic E-state index is 12.9. The minimum absolute atomic E-state index is 0.0384. The van der Waals surface area contributed by atoms with Gasteiger partial charge in [0.15, 0.2) is 0 Å². The fourth-order valence-electron chi connectivity index (χ4n) is 10.4. The molecule has 6 nitrogen and oxygen atoms in total. The lowest BCUT2D eigenvalue weighted by Gasteiger charge is -2.68. The van der Waals surface area contributed by atoms with E-state index in [0.29, 0.717) is 24.2 Å². The van der Waals surface area contributed by atoms with Gasteiger partial charge in [-0.1, -0.05) is 20.8 Å². The van der Waals surface area contributed by atoms with Crippen molar-refractivity contribution in [2.45, 2.75) is 124 Å².